The lowest BCUT2D eigenvalue weighted by Crippen LogP contribution is -2.65. The molecule has 0 aromatic heterocycles. The van der Waals surface area contributed by atoms with Crippen molar-refractivity contribution in [1.82, 2.24) is 4.90 Å². The van der Waals surface area contributed by atoms with Crippen LogP contribution in [0.3, 0.4) is 0 Å². The van der Waals surface area contributed by atoms with Gasteiger partial charge in [-0.05, 0) is 6.92 Å². The van der Waals surface area contributed by atoms with Gasteiger partial charge in [-0.25, -0.2) is 0 Å². The van der Waals surface area contributed by atoms with Gasteiger partial charge < -0.3 is 15.3 Å². The van der Waals surface area contributed by atoms with Gasteiger partial charge in [0.1, 0.15) is 11.9 Å². The molecule has 0 aromatic rings. The summed E-state index contributed by atoms with van der Waals surface area (Å²) in [7, 11) is 0. The molecule has 15 heavy (non-hydrogen) atoms. The van der Waals surface area contributed by atoms with Gasteiger partial charge in [-0.3, -0.25) is 9.69 Å². The van der Waals surface area contributed by atoms with Crippen LogP contribution in [0, 0.1) is 0 Å². The predicted molar refractivity (Wildman–Crippen MR) is 52.2 cm³/mol. The van der Waals surface area contributed by atoms with E-state index in [1.54, 1.807) is 0 Å². The maximum Gasteiger partial charge on any atom is 0.136 e. The van der Waals surface area contributed by atoms with Crippen molar-refractivity contribution in [3.8, 4) is 0 Å². The Morgan fingerprint density at radius 1 is 1.20 bits per heavy atom. The van der Waals surface area contributed by atoms with Gasteiger partial charge in [-0.1, -0.05) is 0 Å². The van der Waals surface area contributed by atoms with Crippen molar-refractivity contribution in [3.05, 3.63) is 0 Å². The number of fused-ring (bicyclic) bond motifs is 1. The summed E-state index contributed by atoms with van der Waals surface area (Å²) in [4.78, 5) is 13.3. The van der Waals surface area contributed by atoms with E-state index in [2.05, 4.69) is 0 Å². The third-order valence-electron chi connectivity index (χ3n) is 3.49. The molecule has 0 amide bonds. The number of nitrogens with zero attached hydrogens (tertiary/aromatic N) is 1. The molecule has 2 rings (SSSR count). The van der Waals surface area contributed by atoms with Crippen LogP contribution < -0.4 is 0 Å². The molecule has 0 spiro atoms. The van der Waals surface area contributed by atoms with Crippen LogP contribution in [-0.4, -0.2) is 62.9 Å². The van der Waals surface area contributed by atoms with E-state index < -0.39 is 18.3 Å². The maximum absolute atomic E-state index is 11.4. The van der Waals surface area contributed by atoms with Gasteiger partial charge in [0.25, 0.3) is 0 Å². The molecule has 5 nitrogen and oxygen atoms in total. The molecule has 86 valence electrons. The van der Waals surface area contributed by atoms with Crippen LogP contribution in [0.4, 0.5) is 0 Å². The van der Waals surface area contributed by atoms with Crippen molar-refractivity contribution in [2.45, 2.75) is 50.2 Å². The Labute approximate surface area is 88.3 Å². The molecule has 5 atom stereocenters. The van der Waals surface area contributed by atoms with Gasteiger partial charge in [0.05, 0.1) is 12.2 Å². The van der Waals surface area contributed by atoms with Crippen LogP contribution >= 0.6 is 0 Å². The van der Waals surface area contributed by atoms with Gasteiger partial charge >= 0.3 is 0 Å². The van der Waals surface area contributed by atoms with E-state index in [4.69, 9.17) is 0 Å². The molecule has 3 N–H and O–H groups in total. The number of aliphatic hydroxyl groups is 3. The third-order valence-corrected chi connectivity index (χ3v) is 3.49. The van der Waals surface area contributed by atoms with E-state index in [0.717, 1.165) is 0 Å². The number of aliphatic hydroxyl groups excluding tert-OH is 3. The van der Waals surface area contributed by atoms with E-state index in [1.807, 2.05) is 11.8 Å². The highest BCUT2D eigenvalue weighted by atomic mass is 16.4. The molecule has 2 aliphatic heterocycles. The van der Waals surface area contributed by atoms with Crippen LogP contribution in [-0.2, 0) is 4.79 Å². The number of hydrogen-bond acceptors (Lipinski definition) is 5. The second kappa shape index (κ2) is 3.83. The van der Waals surface area contributed by atoms with Crippen molar-refractivity contribution in [1.29, 1.82) is 0 Å². The monoisotopic (exact) mass is 215 g/mol. The summed E-state index contributed by atoms with van der Waals surface area (Å²) in [6.45, 7) is 2.23. The minimum atomic E-state index is -1.13. The van der Waals surface area contributed by atoms with Gasteiger partial charge in [-0.15, -0.1) is 0 Å². The summed E-state index contributed by atoms with van der Waals surface area (Å²) in [6, 6.07) is -0.298. The van der Waals surface area contributed by atoms with E-state index in [0.29, 0.717) is 13.0 Å². The average molecular weight is 215 g/mol. The standard InChI is InChI=1S/C10H17NO4/c1-5-2-6(12)3-7-9(14)10(15)8(13)4-11(5)7/h5,7-10,13-15H,2-4H2,1H3/t5-,7-,8-,9-,10-/m1/s1. The average Bonchev–Trinajstić information content (AvgIpc) is 2.17. The molecule has 2 aliphatic rings. The molecule has 0 bridgehead atoms. The van der Waals surface area contributed by atoms with Gasteiger partial charge in [0.15, 0.2) is 0 Å². The van der Waals surface area contributed by atoms with Crippen molar-refractivity contribution in [2.24, 2.45) is 0 Å². The quantitative estimate of drug-likeness (QED) is 0.458. The molecule has 2 saturated heterocycles. The topological polar surface area (TPSA) is 81.0 Å². The summed E-state index contributed by atoms with van der Waals surface area (Å²) in [6.07, 6.45) is -2.35. The Hall–Kier alpha value is -0.490. The van der Waals surface area contributed by atoms with Crippen molar-refractivity contribution < 1.29 is 20.1 Å². The highest BCUT2D eigenvalue weighted by Crippen LogP contribution is 2.29. The molecule has 0 unspecified atom stereocenters. The second-order valence-corrected chi connectivity index (χ2v) is 4.61. The number of rotatable bonds is 0. The van der Waals surface area contributed by atoms with Crippen molar-refractivity contribution in [2.75, 3.05) is 6.54 Å². The smallest absolute Gasteiger partial charge is 0.136 e. The molecule has 0 saturated carbocycles. The lowest BCUT2D eigenvalue weighted by molar-refractivity contribution is -0.161. The second-order valence-electron chi connectivity index (χ2n) is 4.61. The zero-order valence-electron chi connectivity index (χ0n) is 8.71. The molecule has 5 heteroatoms. The fourth-order valence-electron chi connectivity index (χ4n) is 2.62. The van der Waals surface area contributed by atoms with E-state index >= 15 is 0 Å². The lowest BCUT2D eigenvalue weighted by Gasteiger charge is -2.48. The first-order valence-electron chi connectivity index (χ1n) is 5.32. The van der Waals surface area contributed by atoms with Crippen LogP contribution in [0.2, 0.25) is 0 Å². The van der Waals surface area contributed by atoms with Crippen LogP contribution in [0.5, 0.6) is 0 Å². The summed E-state index contributed by atoms with van der Waals surface area (Å²) in [5.74, 6) is 0.117. The highest BCUT2D eigenvalue weighted by molar-refractivity contribution is 5.80. The zero-order chi connectivity index (χ0) is 11.2. The lowest BCUT2D eigenvalue weighted by atomic mass is 9.84. The van der Waals surface area contributed by atoms with E-state index in [9.17, 15) is 20.1 Å². The first-order valence-corrected chi connectivity index (χ1v) is 5.32. The Morgan fingerprint density at radius 3 is 2.53 bits per heavy atom. The number of piperidine rings is 2. The minimum absolute atomic E-state index is 0.0352. The molecule has 2 heterocycles. The zero-order valence-corrected chi connectivity index (χ0v) is 8.71. The fraction of sp³-hybridized carbons (Fsp3) is 0.900. The van der Waals surface area contributed by atoms with Crippen LogP contribution in [0.25, 0.3) is 0 Å². The Kier molecular flexibility index (Phi) is 2.81. The predicted octanol–water partition coefficient (Wildman–Crippen LogP) is -1.50. The summed E-state index contributed by atoms with van der Waals surface area (Å²) in [5, 5.41) is 28.8. The van der Waals surface area contributed by atoms with Gasteiger partial charge in [0, 0.05) is 31.5 Å². The summed E-state index contributed by atoms with van der Waals surface area (Å²) in [5.41, 5.74) is 0. The highest BCUT2D eigenvalue weighted by Gasteiger charge is 2.46. The summed E-state index contributed by atoms with van der Waals surface area (Å²) < 4.78 is 0. The normalized spacial score (nSPS) is 47.7. The Morgan fingerprint density at radius 2 is 1.87 bits per heavy atom. The number of carbonyl (C=O) groups is 1. The van der Waals surface area contributed by atoms with E-state index in [-0.39, 0.29) is 24.3 Å². The number of carbonyl (C=O) groups excluding carboxylic acids is 1. The van der Waals surface area contributed by atoms with Crippen molar-refractivity contribution >= 4 is 5.78 Å². The van der Waals surface area contributed by atoms with Crippen molar-refractivity contribution in [3.63, 3.8) is 0 Å². The van der Waals surface area contributed by atoms with Crippen LogP contribution in [0.15, 0.2) is 0 Å². The largest absolute Gasteiger partial charge is 0.389 e. The third kappa shape index (κ3) is 1.80. The molecule has 2 fully saturated rings. The number of Topliss-reactive ketones (excluding diaryl/α,β-unsaturated/α-hetero) is 1. The fourth-order valence-corrected chi connectivity index (χ4v) is 2.62. The minimum Gasteiger partial charge on any atom is -0.389 e. The van der Waals surface area contributed by atoms with Gasteiger partial charge in [0.2, 0.25) is 0 Å². The van der Waals surface area contributed by atoms with Crippen LogP contribution in [0.1, 0.15) is 19.8 Å². The SMILES string of the molecule is C[C@@H]1CC(=O)C[C@@H]2[C@@H](O)[C@H](O)[C@H](O)CN12. The summed E-state index contributed by atoms with van der Waals surface area (Å²) >= 11 is 0. The first-order chi connectivity index (χ1) is 7.00. The molecule has 0 radical (unpaired) electrons. The maximum atomic E-state index is 11.4. The molecule has 0 aliphatic carbocycles. The molecular weight excluding hydrogens is 198 g/mol. The first kappa shape index (κ1) is 11.0. The molecular formula is C10H17NO4. The van der Waals surface area contributed by atoms with Gasteiger partial charge in [-0.2, -0.15) is 0 Å². The molecule has 0 aromatic carbocycles. The number of ketones is 1. The van der Waals surface area contributed by atoms with E-state index in [1.165, 1.54) is 0 Å². The Bertz CT molecular complexity index is 270. The number of hydrogen-bond donors (Lipinski definition) is 3. The Balaban J connectivity index is 2.18.